The van der Waals surface area contributed by atoms with E-state index in [1.165, 1.54) is 13.2 Å². The van der Waals surface area contributed by atoms with Crippen LogP contribution in [0.1, 0.15) is 33.6 Å². The van der Waals surface area contributed by atoms with Crippen molar-refractivity contribution in [2.24, 2.45) is 5.92 Å². The third-order valence-corrected chi connectivity index (χ3v) is 4.21. The Morgan fingerprint density at radius 2 is 1.72 bits per heavy atom. The van der Waals surface area contributed by atoms with Gasteiger partial charge >= 0.3 is 0 Å². The summed E-state index contributed by atoms with van der Waals surface area (Å²) in [4.78, 5) is 26.9. The van der Waals surface area contributed by atoms with Gasteiger partial charge in [-0.05, 0) is 50.1 Å². The van der Waals surface area contributed by atoms with Crippen LogP contribution < -0.4 is 9.47 Å². The number of nitrogens with zero attached hydrogens (tertiary/aromatic N) is 2. The number of amides is 1. The molecule has 0 radical (unpaired) electrons. The van der Waals surface area contributed by atoms with E-state index in [4.69, 9.17) is 13.9 Å². The summed E-state index contributed by atoms with van der Waals surface area (Å²) in [5, 5.41) is 9.43. The molecule has 2 rings (SSSR count). The fourth-order valence-electron chi connectivity index (χ4n) is 2.82. The van der Waals surface area contributed by atoms with Gasteiger partial charge in [0.1, 0.15) is 11.5 Å². The minimum atomic E-state index is -1.37. The van der Waals surface area contributed by atoms with Crippen molar-refractivity contribution in [2.45, 2.75) is 39.7 Å². The summed E-state index contributed by atoms with van der Waals surface area (Å²) in [5.74, 6) is -1.04. The number of carbonyl (C=O) groups excluding carboxylic acids is 2. The Kier molecular flexibility index (Phi) is 8.28. The third kappa shape index (κ3) is 6.11. The van der Waals surface area contributed by atoms with Gasteiger partial charge in [-0.3, -0.25) is 9.59 Å². The number of benzene rings is 1. The summed E-state index contributed by atoms with van der Waals surface area (Å²) >= 11 is 0. The molecule has 7 nitrogen and oxygen atoms in total. The molecule has 1 aromatic heterocycles. The zero-order valence-corrected chi connectivity index (χ0v) is 17.0. The van der Waals surface area contributed by atoms with Gasteiger partial charge in [-0.1, -0.05) is 13.8 Å². The van der Waals surface area contributed by atoms with E-state index in [0.29, 0.717) is 30.5 Å². The fraction of sp³-hybridized carbons (Fsp3) is 0.409. The van der Waals surface area contributed by atoms with E-state index in [1.54, 1.807) is 41.3 Å². The molecule has 0 saturated heterocycles. The van der Waals surface area contributed by atoms with Crippen LogP contribution in [0.2, 0.25) is 0 Å². The summed E-state index contributed by atoms with van der Waals surface area (Å²) in [5.41, 5.74) is 0. The SMILES string of the molecule is CCCN(CCC)C(=O)C(C#N)C(=O)C(C)Oc1ccc(Oc2ccco2)cc1. The van der Waals surface area contributed by atoms with Crippen LogP contribution in [0.25, 0.3) is 0 Å². The third-order valence-electron chi connectivity index (χ3n) is 4.21. The van der Waals surface area contributed by atoms with Gasteiger partial charge in [0.2, 0.25) is 5.91 Å². The molecule has 2 aromatic rings. The quantitative estimate of drug-likeness (QED) is 0.527. The van der Waals surface area contributed by atoms with E-state index in [-0.39, 0.29) is 0 Å². The van der Waals surface area contributed by atoms with Crippen molar-refractivity contribution < 1.29 is 23.5 Å². The van der Waals surface area contributed by atoms with Crippen molar-refractivity contribution in [3.63, 3.8) is 0 Å². The van der Waals surface area contributed by atoms with Crippen LogP contribution in [0.3, 0.4) is 0 Å². The number of Topliss-reactive ketones (excluding diaryl/α,β-unsaturated/α-hetero) is 1. The van der Waals surface area contributed by atoms with E-state index in [0.717, 1.165) is 12.8 Å². The summed E-state index contributed by atoms with van der Waals surface area (Å²) < 4.78 is 16.3. The molecule has 0 aliphatic carbocycles. The van der Waals surface area contributed by atoms with Gasteiger partial charge in [0.15, 0.2) is 17.8 Å². The second-order valence-corrected chi connectivity index (χ2v) is 6.56. The largest absolute Gasteiger partial charge is 0.483 e. The van der Waals surface area contributed by atoms with Crippen LogP contribution in [-0.2, 0) is 9.59 Å². The number of rotatable bonds is 11. The number of hydrogen-bond acceptors (Lipinski definition) is 6. The smallest absolute Gasteiger partial charge is 0.289 e. The number of furan rings is 1. The van der Waals surface area contributed by atoms with Crippen molar-refractivity contribution in [3.8, 4) is 23.5 Å². The second kappa shape index (κ2) is 10.9. The number of hydrogen-bond donors (Lipinski definition) is 0. The van der Waals surface area contributed by atoms with Gasteiger partial charge in [0.25, 0.3) is 5.95 Å². The van der Waals surface area contributed by atoms with Gasteiger partial charge in [0, 0.05) is 19.2 Å². The van der Waals surface area contributed by atoms with Crippen LogP contribution >= 0.6 is 0 Å². The second-order valence-electron chi connectivity index (χ2n) is 6.56. The molecule has 0 aliphatic heterocycles. The van der Waals surface area contributed by atoms with Crippen LogP contribution in [0.5, 0.6) is 17.4 Å². The molecular weight excluding hydrogens is 372 g/mol. The molecule has 154 valence electrons. The number of ketones is 1. The molecule has 2 unspecified atom stereocenters. The van der Waals surface area contributed by atoms with Gasteiger partial charge in [-0.2, -0.15) is 5.26 Å². The Labute approximate surface area is 170 Å². The molecule has 0 aliphatic rings. The molecule has 29 heavy (non-hydrogen) atoms. The number of nitriles is 1. The fourth-order valence-corrected chi connectivity index (χ4v) is 2.82. The predicted octanol–water partition coefficient (Wildman–Crippen LogP) is 4.20. The standard InChI is InChI=1S/C22H26N2O5/c1-4-12-24(13-5-2)22(26)19(15-23)21(25)16(3)28-17-8-10-18(11-9-17)29-20-7-6-14-27-20/h6-11,14,16,19H,4-5,12-13H2,1-3H3. The summed E-state index contributed by atoms with van der Waals surface area (Å²) in [6, 6.07) is 11.9. The zero-order valence-electron chi connectivity index (χ0n) is 17.0. The first kappa shape index (κ1) is 22.0. The molecule has 0 spiro atoms. The average Bonchev–Trinajstić information content (AvgIpc) is 3.22. The van der Waals surface area contributed by atoms with Gasteiger partial charge in [-0.25, -0.2) is 0 Å². The predicted molar refractivity (Wildman–Crippen MR) is 107 cm³/mol. The monoisotopic (exact) mass is 398 g/mol. The minimum Gasteiger partial charge on any atom is -0.483 e. The lowest BCUT2D eigenvalue weighted by Gasteiger charge is -2.24. The van der Waals surface area contributed by atoms with Crippen LogP contribution in [-0.4, -0.2) is 35.8 Å². The Hall–Kier alpha value is -3.27. The molecule has 0 bridgehead atoms. The van der Waals surface area contributed by atoms with Crippen molar-refractivity contribution in [2.75, 3.05) is 13.1 Å². The molecule has 0 N–H and O–H groups in total. The normalized spacial score (nSPS) is 12.5. The summed E-state index contributed by atoms with van der Waals surface area (Å²) in [7, 11) is 0. The highest BCUT2D eigenvalue weighted by Crippen LogP contribution is 2.25. The number of ether oxygens (including phenoxy) is 2. The molecule has 1 heterocycles. The van der Waals surface area contributed by atoms with Crippen LogP contribution in [0, 0.1) is 17.2 Å². The Bertz CT molecular complexity index is 818. The molecule has 2 atom stereocenters. The maximum Gasteiger partial charge on any atom is 0.289 e. The van der Waals surface area contributed by atoms with Gasteiger partial charge in [-0.15, -0.1) is 0 Å². The van der Waals surface area contributed by atoms with Crippen molar-refractivity contribution >= 4 is 11.7 Å². The van der Waals surface area contributed by atoms with Crippen molar-refractivity contribution in [1.82, 2.24) is 4.90 Å². The van der Waals surface area contributed by atoms with E-state index < -0.39 is 23.7 Å². The summed E-state index contributed by atoms with van der Waals surface area (Å²) in [6.45, 7) is 6.47. The summed E-state index contributed by atoms with van der Waals surface area (Å²) in [6.07, 6.45) is 2.09. The Morgan fingerprint density at radius 3 is 2.24 bits per heavy atom. The van der Waals surface area contributed by atoms with E-state index in [9.17, 15) is 14.9 Å². The highest BCUT2D eigenvalue weighted by Gasteiger charge is 2.34. The highest BCUT2D eigenvalue weighted by atomic mass is 16.6. The van der Waals surface area contributed by atoms with Gasteiger partial charge < -0.3 is 18.8 Å². The molecule has 0 saturated carbocycles. The molecule has 1 aromatic carbocycles. The first-order valence-electron chi connectivity index (χ1n) is 9.70. The maximum absolute atomic E-state index is 12.7. The van der Waals surface area contributed by atoms with Crippen LogP contribution in [0.15, 0.2) is 47.1 Å². The maximum atomic E-state index is 12.7. The van der Waals surface area contributed by atoms with E-state index in [2.05, 4.69) is 0 Å². The average molecular weight is 398 g/mol. The van der Waals surface area contributed by atoms with Crippen molar-refractivity contribution in [1.29, 1.82) is 5.26 Å². The van der Waals surface area contributed by atoms with Crippen LogP contribution in [0.4, 0.5) is 0 Å². The van der Waals surface area contributed by atoms with E-state index in [1.807, 2.05) is 19.9 Å². The molecule has 0 fully saturated rings. The Balaban J connectivity index is 2.00. The molecule has 1 amide bonds. The highest BCUT2D eigenvalue weighted by molar-refractivity contribution is 6.05. The minimum absolute atomic E-state index is 0.362. The molecular formula is C22H26N2O5. The lowest BCUT2D eigenvalue weighted by Crippen LogP contribution is -2.43. The zero-order chi connectivity index (χ0) is 21.2. The molecule has 7 heteroatoms. The van der Waals surface area contributed by atoms with Gasteiger partial charge in [0.05, 0.1) is 12.3 Å². The van der Waals surface area contributed by atoms with E-state index >= 15 is 0 Å². The first-order valence-corrected chi connectivity index (χ1v) is 9.70. The lowest BCUT2D eigenvalue weighted by atomic mass is 10.00. The topological polar surface area (TPSA) is 92.8 Å². The number of carbonyl (C=O) groups is 2. The first-order chi connectivity index (χ1) is 14.0. The van der Waals surface area contributed by atoms with Crippen molar-refractivity contribution in [3.05, 3.63) is 42.7 Å². The Morgan fingerprint density at radius 1 is 1.10 bits per heavy atom. The lowest BCUT2D eigenvalue weighted by molar-refractivity contribution is -0.141.